The van der Waals surface area contributed by atoms with Crippen LogP contribution < -0.4 is 10.2 Å². The van der Waals surface area contributed by atoms with E-state index in [-0.39, 0.29) is 18.1 Å². The first-order valence-corrected chi connectivity index (χ1v) is 9.48. The highest BCUT2D eigenvalue weighted by Gasteiger charge is 2.37. The molecule has 1 amide bonds. The zero-order chi connectivity index (χ0) is 21.1. The molecule has 11 heteroatoms. The van der Waals surface area contributed by atoms with Crippen molar-refractivity contribution in [1.82, 2.24) is 30.0 Å². The number of aromatic nitrogens is 4. The van der Waals surface area contributed by atoms with E-state index in [0.717, 1.165) is 10.1 Å². The molecule has 1 aliphatic rings. The number of anilines is 1. The highest BCUT2D eigenvalue weighted by molar-refractivity contribution is 5.78. The van der Waals surface area contributed by atoms with Crippen LogP contribution in [0.15, 0.2) is 42.5 Å². The number of nitrogens with one attached hydrogen (secondary N) is 1. The van der Waals surface area contributed by atoms with Gasteiger partial charge in [-0.25, -0.2) is 0 Å². The second kappa shape index (κ2) is 8.27. The van der Waals surface area contributed by atoms with Gasteiger partial charge in [-0.3, -0.25) is 9.69 Å². The van der Waals surface area contributed by atoms with E-state index in [1.807, 2.05) is 40.1 Å². The zero-order valence-electron chi connectivity index (χ0n) is 16.0. The first-order chi connectivity index (χ1) is 14.4. The molecule has 0 unspecified atom stereocenters. The van der Waals surface area contributed by atoms with E-state index in [1.54, 1.807) is 6.07 Å². The number of carbonyl (C=O) groups excluding carboxylic acids is 1. The molecule has 1 saturated heterocycles. The Labute approximate surface area is 170 Å². The van der Waals surface area contributed by atoms with Gasteiger partial charge in [0.05, 0.1) is 6.54 Å². The van der Waals surface area contributed by atoms with Crippen LogP contribution in [0, 0.1) is 0 Å². The third-order valence-electron chi connectivity index (χ3n) is 4.90. The van der Waals surface area contributed by atoms with Crippen LogP contribution in [-0.2, 0) is 17.5 Å². The number of amides is 1. The lowest BCUT2D eigenvalue weighted by Crippen LogP contribution is -2.49. The fraction of sp³-hybridized carbons (Fsp3) is 0.368. The average Bonchev–Trinajstić information content (AvgIpc) is 3.17. The first-order valence-electron chi connectivity index (χ1n) is 9.48. The van der Waals surface area contributed by atoms with Gasteiger partial charge in [-0.2, -0.15) is 17.7 Å². The van der Waals surface area contributed by atoms with Crippen LogP contribution in [0.5, 0.6) is 0 Å². The number of fused-ring (bicyclic) bond motifs is 1. The Hall–Kier alpha value is -3.21. The van der Waals surface area contributed by atoms with E-state index >= 15 is 0 Å². The standard InChI is InChI=1S/C19H20F3N7O/c20-19(21,22)18-25-24-15-6-7-16(26-29(15)18)28-10-8-27(9-11-28)13-17(30)23-12-14-4-2-1-3-5-14/h1-7H,8-13H2,(H,23,30). The summed E-state index contributed by atoms with van der Waals surface area (Å²) in [5.41, 5.74) is 1.07. The van der Waals surface area contributed by atoms with Crippen molar-refractivity contribution in [1.29, 1.82) is 0 Å². The average molecular weight is 419 g/mol. The molecule has 30 heavy (non-hydrogen) atoms. The van der Waals surface area contributed by atoms with E-state index in [2.05, 4.69) is 20.6 Å². The molecule has 0 spiro atoms. The fourth-order valence-corrected chi connectivity index (χ4v) is 3.32. The molecule has 0 radical (unpaired) electrons. The SMILES string of the molecule is O=C(CN1CCN(c2ccc3nnc(C(F)(F)F)n3n2)CC1)NCc1ccccc1. The largest absolute Gasteiger partial charge is 0.453 e. The molecule has 1 fully saturated rings. The molecule has 3 heterocycles. The lowest BCUT2D eigenvalue weighted by Gasteiger charge is -2.34. The lowest BCUT2D eigenvalue weighted by atomic mass is 10.2. The lowest BCUT2D eigenvalue weighted by molar-refractivity contribution is -0.146. The van der Waals surface area contributed by atoms with Crippen molar-refractivity contribution < 1.29 is 18.0 Å². The molecular formula is C19H20F3N7O. The maximum atomic E-state index is 13.0. The van der Waals surface area contributed by atoms with Gasteiger partial charge in [0, 0.05) is 32.7 Å². The van der Waals surface area contributed by atoms with E-state index in [0.29, 0.717) is 38.5 Å². The quantitative estimate of drug-likeness (QED) is 0.677. The Balaban J connectivity index is 1.32. The van der Waals surface area contributed by atoms with Gasteiger partial charge in [0.2, 0.25) is 5.91 Å². The minimum atomic E-state index is -4.63. The van der Waals surface area contributed by atoms with E-state index in [9.17, 15) is 18.0 Å². The van der Waals surface area contributed by atoms with Crippen LogP contribution in [0.25, 0.3) is 5.65 Å². The maximum Gasteiger partial charge on any atom is 0.453 e. The number of benzene rings is 1. The second-order valence-corrected chi connectivity index (χ2v) is 7.01. The predicted molar refractivity (Wildman–Crippen MR) is 103 cm³/mol. The van der Waals surface area contributed by atoms with Crippen molar-refractivity contribution >= 4 is 17.4 Å². The molecule has 1 aromatic carbocycles. The van der Waals surface area contributed by atoms with Crippen molar-refractivity contribution in [3.63, 3.8) is 0 Å². The zero-order valence-corrected chi connectivity index (χ0v) is 16.0. The molecule has 0 bridgehead atoms. The molecule has 4 rings (SSSR count). The molecule has 0 atom stereocenters. The Morgan fingerprint density at radius 2 is 1.73 bits per heavy atom. The van der Waals surface area contributed by atoms with Gasteiger partial charge in [-0.05, 0) is 17.7 Å². The third kappa shape index (κ3) is 4.51. The fourth-order valence-electron chi connectivity index (χ4n) is 3.32. The van der Waals surface area contributed by atoms with Crippen molar-refractivity contribution in [2.75, 3.05) is 37.6 Å². The van der Waals surface area contributed by atoms with Crippen LogP contribution in [0.2, 0.25) is 0 Å². The van der Waals surface area contributed by atoms with Gasteiger partial charge in [-0.15, -0.1) is 15.3 Å². The molecule has 1 aliphatic heterocycles. The van der Waals surface area contributed by atoms with Crippen LogP contribution in [0.1, 0.15) is 11.4 Å². The summed E-state index contributed by atoms with van der Waals surface area (Å²) in [5.74, 6) is -0.791. The molecule has 0 aliphatic carbocycles. The van der Waals surface area contributed by atoms with Gasteiger partial charge >= 0.3 is 6.18 Å². The molecule has 0 saturated carbocycles. The summed E-state index contributed by atoms with van der Waals surface area (Å²) >= 11 is 0. The Morgan fingerprint density at radius 1 is 1.00 bits per heavy atom. The topological polar surface area (TPSA) is 78.7 Å². The second-order valence-electron chi connectivity index (χ2n) is 7.01. The number of hydrogen-bond acceptors (Lipinski definition) is 6. The Bertz CT molecular complexity index is 1010. The predicted octanol–water partition coefficient (Wildman–Crippen LogP) is 1.58. The highest BCUT2D eigenvalue weighted by Crippen LogP contribution is 2.28. The summed E-state index contributed by atoms with van der Waals surface area (Å²) in [6, 6.07) is 12.8. The number of alkyl halides is 3. The van der Waals surface area contributed by atoms with Crippen LogP contribution in [-0.4, -0.2) is 63.3 Å². The number of nitrogens with zero attached hydrogens (tertiary/aromatic N) is 6. The number of halogens is 3. The van der Waals surface area contributed by atoms with Gasteiger partial charge in [0.25, 0.3) is 5.82 Å². The minimum Gasteiger partial charge on any atom is -0.353 e. The number of hydrogen-bond donors (Lipinski definition) is 1. The van der Waals surface area contributed by atoms with Gasteiger partial charge in [0.1, 0.15) is 5.82 Å². The number of rotatable bonds is 5. The molecule has 2 aromatic heterocycles. The van der Waals surface area contributed by atoms with E-state index in [1.165, 1.54) is 6.07 Å². The summed E-state index contributed by atoms with van der Waals surface area (Å²) in [6.07, 6.45) is -4.63. The van der Waals surface area contributed by atoms with Gasteiger partial charge < -0.3 is 10.2 Å². The summed E-state index contributed by atoms with van der Waals surface area (Å²) in [7, 11) is 0. The smallest absolute Gasteiger partial charge is 0.353 e. The Morgan fingerprint density at radius 3 is 2.43 bits per heavy atom. The molecule has 158 valence electrons. The summed E-state index contributed by atoms with van der Waals surface area (Å²) in [5, 5.41) is 13.7. The summed E-state index contributed by atoms with van der Waals surface area (Å²) in [6.45, 7) is 3.06. The molecular weight excluding hydrogens is 399 g/mol. The van der Waals surface area contributed by atoms with Crippen molar-refractivity contribution in [3.8, 4) is 0 Å². The Kier molecular flexibility index (Phi) is 5.53. The monoisotopic (exact) mass is 419 g/mol. The number of piperazine rings is 1. The van der Waals surface area contributed by atoms with Gasteiger partial charge in [-0.1, -0.05) is 30.3 Å². The minimum absolute atomic E-state index is 0.0415. The molecule has 8 nitrogen and oxygen atoms in total. The van der Waals surface area contributed by atoms with Gasteiger partial charge in [0.15, 0.2) is 5.65 Å². The van der Waals surface area contributed by atoms with E-state index in [4.69, 9.17) is 0 Å². The highest BCUT2D eigenvalue weighted by atomic mass is 19.4. The third-order valence-corrected chi connectivity index (χ3v) is 4.90. The van der Waals surface area contributed by atoms with Crippen molar-refractivity contribution in [2.45, 2.75) is 12.7 Å². The number of carbonyl (C=O) groups is 1. The maximum absolute atomic E-state index is 13.0. The summed E-state index contributed by atoms with van der Waals surface area (Å²) in [4.78, 5) is 16.1. The molecule has 3 aromatic rings. The molecule has 1 N–H and O–H groups in total. The van der Waals surface area contributed by atoms with Crippen LogP contribution >= 0.6 is 0 Å². The van der Waals surface area contributed by atoms with Crippen molar-refractivity contribution in [3.05, 3.63) is 53.9 Å². The van der Waals surface area contributed by atoms with Crippen molar-refractivity contribution in [2.24, 2.45) is 0 Å². The van der Waals surface area contributed by atoms with Crippen LogP contribution in [0.3, 0.4) is 0 Å². The van der Waals surface area contributed by atoms with E-state index < -0.39 is 12.0 Å². The van der Waals surface area contributed by atoms with Crippen LogP contribution in [0.4, 0.5) is 19.0 Å². The normalized spacial score (nSPS) is 15.5. The summed E-state index contributed by atoms with van der Waals surface area (Å²) < 4.78 is 39.9. The first kappa shape index (κ1) is 20.1.